The molecule has 2 aromatic carbocycles. The Labute approximate surface area is 293 Å². The average molecular weight is 669 g/mol. The lowest BCUT2D eigenvalue weighted by Gasteiger charge is -2.11. The number of hydrogen-bond acceptors (Lipinski definition) is 8. The number of benzene rings is 2. The summed E-state index contributed by atoms with van der Waals surface area (Å²) in [7, 11) is 0. The normalized spacial score (nSPS) is 10.6. The van der Waals surface area contributed by atoms with Gasteiger partial charge < -0.3 is 10.6 Å². The molecule has 0 saturated heterocycles. The highest BCUT2D eigenvalue weighted by molar-refractivity contribution is 5.71. The molecule has 6 aromatic heterocycles. The van der Waals surface area contributed by atoms with E-state index in [1.165, 1.54) is 6.07 Å². The predicted octanol–water partition coefficient (Wildman–Crippen LogP) is 6.91. The third kappa shape index (κ3) is 7.09. The van der Waals surface area contributed by atoms with Gasteiger partial charge in [-0.15, -0.1) is 12.8 Å². The summed E-state index contributed by atoms with van der Waals surface area (Å²) in [5.41, 5.74) is 7.24. The third-order valence-electron chi connectivity index (χ3n) is 7.87. The molecule has 10 nitrogen and oxygen atoms in total. The van der Waals surface area contributed by atoms with Crippen LogP contribution in [0.2, 0.25) is 0 Å². The minimum Gasteiger partial charge on any atom is -0.366 e. The fourth-order valence-electron chi connectivity index (χ4n) is 5.34. The smallest absolute Gasteiger partial charge is 0.173 e. The molecular formula is C40H29FN10. The molecule has 6 heterocycles. The molecule has 2 N–H and O–H groups in total. The summed E-state index contributed by atoms with van der Waals surface area (Å²) in [6.07, 6.45) is 21.5. The maximum absolute atomic E-state index is 14.2. The van der Waals surface area contributed by atoms with Gasteiger partial charge in [-0.2, -0.15) is 19.2 Å². The van der Waals surface area contributed by atoms with Crippen LogP contribution in [0, 0.1) is 30.5 Å². The largest absolute Gasteiger partial charge is 0.366 e. The molecule has 0 bridgehead atoms. The topological polar surface area (TPSA) is 110 Å². The van der Waals surface area contributed by atoms with Crippen molar-refractivity contribution in [1.82, 2.24) is 39.2 Å². The van der Waals surface area contributed by atoms with Gasteiger partial charge in [0.1, 0.15) is 17.5 Å². The van der Waals surface area contributed by atoms with E-state index in [0.717, 1.165) is 28.2 Å². The van der Waals surface area contributed by atoms with E-state index in [9.17, 15) is 4.39 Å². The lowest BCUT2D eigenvalue weighted by atomic mass is 10.1. The van der Waals surface area contributed by atoms with Gasteiger partial charge in [0.15, 0.2) is 11.3 Å². The zero-order valence-electron chi connectivity index (χ0n) is 27.1. The van der Waals surface area contributed by atoms with Gasteiger partial charge in [-0.1, -0.05) is 66.4 Å². The van der Waals surface area contributed by atoms with Crippen molar-refractivity contribution in [3.05, 3.63) is 156 Å². The van der Waals surface area contributed by atoms with E-state index in [1.54, 1.807) is 64.3 Å². The standard InChI is InChI=1S/C20H14FN5.C20H15N5/c1-2-15-13-24-26-19(23-12-14-6-5-9-22-11-14)10-18(25-20(15)26)16-7-3-4-8-17(16)21;1-2-16-14-23-25-19(22-13-15-7-6-10-21-12-15)11-18(24-20(16)25)17-8-4-3-5-9-17/h1,3-11,13,23H,12H2;1,3-12,14,22H,13H2. The van der Waals surface area contributed by atoms with Crippen LogP contribution in [0.3, 0.4) is 0 Å². The first-order valence-electron chi connectivity index (χ1n) is 15.9. The minimum atomic E-state index is -0.343. The summed E-state index contributed by atoms with van der Waals surface area (Å²) in [6.45, 7) is 1.17. The molecule has 8 aromatic rings. The summed E-state index contributed by atoms with van der Waals surface area (Å²) < 4.78 is 17.6. The molecule has 0 amide bonds. The van der Waals surface area contributed by atoms with Gasteiger partial charge in [-0.05, 0) is 35.4 Å². The fourth-order valence-corrected chi connectivity index (χ4v) is 5.34. The number of pyridine rings is 2. The monoisotopic (exact) mass is 668 g/mol. The number of aromatic nitrogens is 8. The maximum Gasteiger partial charge on any atom is 0.173 e. The average Bonchev–Trinajstić information content (AvgIpc) is 3.82. The van der Waals surface area contributed by atoms with Crippen molar-refractivity contribution in [1.29, 1.82) is 0 Å². The van der Waals surface area contributed by atoms with Crippen molar-refractivity contribution in [2.24, 2.45) is 0 Å². The van der Waals surface area contributed by atoms with Gasteiger partial charge in [-0.25, -0.2) is 14.4 Å². The Balaban J connectivity index is 0.000000159. The van der Waals surface area contributed by atoms with Gasteiger partial charge in [0.25, 0.3) is 0 Å². The molecule has 11 heteroatoms. The molecule has 0 spiro atoms. The molecule has 8 rings (SSSR count). The summed E-state index contributed by atoms with van der Waals surface area (Å²) in [5, 5.41) is 15.4. The molecule has 0 aliphatic heterocycles. The van der Waals surface area contributed by atoms with Crippen LogP contribution in [0.25, 0.3) is 33.8 Å². The first-order valence-corrected chi connectivity index (χ1v) is 15.9. The maximum atomic E-state index is 14.2. The van der Waals surface area contributed by atoms with Crippen LogP contribution < -0.4 is 10.6 Å². The Morgan fingerprint density at radius 3 is 1.67 bits per heavy atom. The zero-order chi connectivity index (χ0) is 35.0. The third-order valence-corrected chi connectivity index (χ3v) is 7.87. The first-order chi connectivity index (χ1) is 25.1. The highest BCUT2D eigenvalue weighted by atomic mass is 19.1. The number of anilines is 2. The molecule has 51 heavy (non-hydrogen) atoms. The van der Waals surface area contributed by atoms with E-state index in [0.29, 0.717) is 52.6 Å². The van der Waals surface area contributed by atoms with Crippen molar-refractivity contribution in [2.45, 2.75) is 13.1 Å². The lowest BCUT2D eigenvalue weighted by molar-refractivity contribution is 0.630. The van der Waals surface area contributed by atoms with Crippen LogP contribution in [0.5, 0.6) is 0 Å². The van der Waals surface area contributed by atoms with Gasteiger partial charge >= 0.3 is 0 Å². The molecule has 0 unspecified atom stereocenters. The van der Waals surface area contributed by atoms with Gasteiger partial charge in [0, 0.05) is 61.1 Å². The first kappa shape index (κ1) is 32.2. The van der Waals surface area contributed by atoms with Gasteiger partial charge in [0.2, 0.25) is 0 Å². The summed E-state index contributed by atoms with van der Waals surface area (Å²) in [5.74, 6) is 6.36. The number of nitrogens with one attached hydrogen (secondary N) is 2. The number of hydrogen-bond donors (Lipinski definition) is 2. The predicted molar refractivity (Wildman–Crippen MR) is 196 cm³/mol. The van der Waals surface area contributed by atoms with Crippen LogP contribution in [0.15, 0.2) is 128 Å². The zero-order valence-corrected chi connectivity index (χ0v) is 27.1. The van der Waals surface area contributed by atoms with Crippen LogP contribution in [-0.4, -0.2) is 39.2 Å². The van der Waals surface area contributed by atoms with Gasteiger partial charge in [0.05, 0.1) is 34.9 Å². The van der Waals surface area contributed by atoms with Crippen LogP contribution in [0.1, 0.15) is 22.3 Å². The number of nitrogens with zero attached hydrogens (tertiary/aromatic N) is 8. The van der Waals surface area contributed by atoms with E-state index in [1.807, 2.05) is 66.9 Å². The Morgan fingerprint density at radius 2 is 1.14 bits per heavy atom. The molecular weight excluding hydrogens is 640 g/mol. The second kappa shape index (κ2) is 14.8. The highest BCUT2D eigenvalue weighted by Crippen LogP contribution is 2.26. The molecule has 0 aliphatic rings. The van der Waals surface area contributed by atoms with E-state index >= 15 is 0 Å². The van der Waals surface area contributed by atoms with E-state index in [4.69, 9.17) is 17.8 Å². The van der Waals surface area contributed by atoms with Crippen LogP contribution >= 0.6 is 0 Å². The van der Waals surface area contributed by atoms with Crippen LogP contribution in [-0.2, 0) is 13.1 Å². The summed E-state index contributed by atoms with van der Waals surface area (Å²) in [4.78, 5) is 17.5. The number of halogens is 1. The van der Waals surface area contributed by atoms with Crippen molar-refractivity contribution in [3.63, 3.8) is 0 Å². The number of fused-ring (bicyclic) bond motifs is 2. The number of rotatable bonds is 8. The molecule has 0 aliphatic carbocycles. The Bertz CT molecular complexity index is 2520. The summed E-state index contributed by atoms with van der Waals surface area (Å²) in [6, 6.07) is 28.0. The quantitative estimate of drug-likeness (QED) is 0.168. The van der Waals surface area contributed by atoms with Crippen molar-refractivity contribution in [3.8, 4) is 47.2 Å². The molecule has 0 radical (unpaired) electrons. The molecule has 0 fully saturated rings. The van der Waals surface area contributed by atoms with Crippen molar-refractivity contribution < 1.29 is 4.39 Å². The Morgan fingerprint density at radius 1 is 0.608 bits per heavy atom. The Hall–Kier alpha value is -7.37. The fraction of sp³-hybridized carbons (Fsp3) is 0.0500. The SMILES string of the molecule is C#Cc1cnn2c(NCc3cccnc3)cc(-c3ccccc3)nc12.C#Cc1cnn2c(NCc3cccnc3)cc(-c3ccccc3F)nc12. The van der Waals surface area contributed by atoms with E-state index in [2.05, 4.69) is 47.6 Å². The van der Waals surface area contributed by atoms with Crippen molar-refractivity contribution >= 4 is 22.9 Å². The second-order valence-electron chi connectivity index (χ2n) is 11.2. The Kier molecular flexibility index (Phi) is 9.35. The van der Waals surface area contributed by atoms with Crippen LogP contribution in [0.4, 0.5) is 16.0 Å². The number of terminal acetylenes is 2. The molecule has 246 valence electrons. The van der Waals surface area contributed by atoms with Gasteiger partial charge in [-0.3, -0.25) is 9.97 Å². The van der Waals surface area contributed by atoms with Crippen molar-refractivity contribution in [2.75, 3.05) is 10.6 Å². The van der Waals surface area contributed by atoms with E-state index < -0.39 is 0 Å². The second-order valence-corrected chi connectivity index (χ2v) is 11.2. The molecule has 0 atom stereocenters. The summed E-state index contributed by atoms with van der Waals surface area (Å²) >= 11 is 0. The minimum absolute atomic E-state index is 0.343. The van der Waals surface area contributed by atoms with E-state index in [-0.39, 0.29) is 5.82 Å². The molecule has 0 saturated carbocycles. The lowest BCUT2D eigenvalue weighted by Crippen LogP contribution is -2.07. The highest BCUT2D eigenvalue weighted by Gasteiger charge is 2.15.